The van der Waals surface area contributed by atoms with Gasteiger partial charge in [0.2, 0.25) is 0 Å². The predicted molar refractivity (Wildman–Crippen MR) is 106 cm³/mol. The standard InChI is InChI=1S/C19H26FN5O3/c1-11-15-13(17(26)25(22)18(27)24(15)12-3-4-12)7-14(20)16(11)23-6-5-19(8-21,9-23)10-28-2/h7,12H,3-6,8-10,21-22H2,1-2H3. The molecule has 1 aromatic heterocycles. The monoisotopic (exact) mass is 391 g/mol. The summed E-state index contributed by atoms with van der Waals surface area (Å²) in [6.07, 6.45) is 2.47. The van der Waals surface area contributed by atoms with Crippen molar-refractivity contribution in [1.29, 1.82) is 0 Å². The van der Waals surface area contributed by atoms with Gasteiger partial charge in [0.25, 0.3) is 5.56 Å². The summed E-state index contributed by atoms with van der Waals surface area (Å²) in [4.78, 5) is 27.1. The Balaban J connectivity index is 1.92. The van der Waals surface area contributed by atoms with Gasteiger partial charge in [0.05, 0.1) is 23.2 Å². The number of ether oxygens (including phenoxy) is 1. The Kier molecular flexibility index (Phi) is 4.46. The SMILES string of the molecule is COCC1(CN)CCN(c2c(F)cc3c(=O)n(N)c(=O)n(C4CC4)c3c2C)C1. The Bertz CT molecular complexity index is 1060. The summed E-state index contributed by atoms with van der Waals surface area (Å²) in [6, 6.07) is 1.21. The molecular formula is C19H26FN5O3. The number of rotatable bonds is 5. The fraction of sp³-hybridized carbons (Fsp3) is 0.579. The highest BCUT2D eigenvalue weighted by molar-refractivity contribution is 5.87. The lowest BCUT2D eigenvalue weighted by Crippen LogP contribution is -2.45. The number of methoxy groups -OCH3 is 1. The van der Waals surface area contributed by atoms with Crippen LogP contribution >= 0.6 is 0 Å². The Labute approximate surface area is 161 Å². The van der Waals surface area contributed by atoms with E-state index in [1.165, 1.54) is 6.07 Å². The number of nitrogens with zero attached hydrogens (tertiary/aromatic N) is 3. The molecule has 1 aromatic carbocycles. The minimum Gasteiger partial charge on any atom is -0.384 e. The molecule has 1 aliphatic heterocycles. The van der Waals surface area contributed by atoms with Crippen LogP contribution in [0.3, 0.4) is 0 Å². The third kappa shape index (κ3) is 2.72. The van der Waals surface area contributed by atoms with Gasteiger partial charge in [0, 0.05) is 43.8 Å². The molecule has 152 valence electrons. The highest BCUT2D eigenvalue weighted by Gasteiger charge is 2.39. The van der Waals surface area contributed by atoms with Crippen LogP contribution < -0.4 is 27.7 Å². The molecule has 0 bridgehead atoms. The van der Waals surface area contributed by atoms with Gasteiger partial charge in [0.15, 0.2) is 0 Å². The molecule has 2 heterocycles. The highest BCUT2D eigenvalue weighted by atomic mass is 19.1. The van der Waals surface area contributed by atoms with E-state index in [0.29, 0.717) is 47.7 Å². The Morgan fingerprint density at radius 2 is 2.07 bits per heavy atom. The second-order valence-electron chi connectivity index (χ2n) is 8.10. The number of hydrogen-bond donors (Lipinski definition) is 2. The molecule has 9 heteroatoms. The summed E-state index contributed by atoms with van der Waals surface area (Å²) in [7, 11) is 1.63. The first kappa shape index (κ1) is 18.9. The maximum absolute atomic E-state index is 15.2. The number of benzene rings is 1. The van der Waals surface area contributed by atoms with Crippen LogP contribution in [-0.2, 0) is 4.74 Å². The van der Waals surface area contributed by atoms with E-state index in [0.717, 1.165) is 19.3 Å². The molecule has 2 aromatic rings. The number of nitrogens with two attached hydrogens (primary N) is 2. The van der Waals surface area contributed by atoms with E-state index in [-0.39, 0.29) is 16.8 Å². The summed E-state index contributed by atoms with van der Waals surface area (Å²) >= 11 is 0. The Hall–Kier alpha value is -2.39. The van der Waals surface area contributed by atoms with E-state index < -0.39 is 17.1 Å². The van der Waals surface area contributed by atoms with E-state index in [4.69, 9.17) is 16.3 Å². The lowest BCUT2D eigenvalue weighted by atomic mass is 9.88. The first-order valence-corrected chi connectivity index (χ1v) is 9.53. The van der Waals surface area contributed by atoms with E-state index >= 15 is 4.39 Å². The van der Waals surface area contributed by atoms with Crippen molar-refractivity contribution in [2.45, 2.75) is 32.2 Å². The summed E-state index contributed by atoms with van der Waals surface area (Å²) < 4.78 is 22.6. The van der Waals surface area contributed by atoms with Gasteiger partial charge >= 0.3 is 5.69 Å². The summed E-state index contributed by atoms with van der Waals surface area (Å²) in [5.74, 6) is 5.18. The van der Waals surface area contributed by atoms with Crippen LogP contribution in [0.1, 0.15) is 30.9 Å². The van der Waals surface area contributed by atoms with Crippen LogP contribution in [0.4, 0.5) is 10.1 Å². The van der Waals surface area contributed by atoms with Gasteiger partial charge in [-0.3, -0.25) is 9.36 Å². The molecule has 28 heavy (non-hydrogen) atoms. The molecule has 8 nitrogen and oxygen atoms in total. The fourth-order valence-corrected chi connectivity index (χ4v) is 4.49. The highest BCUT2D eigenvalue weighted by Crippen LogP contribution is 2.40. The van der Waals surface area contributed by atoms with Gasteiger partial charge < -0.3 is 21.2 Å². The second kappa shape index (κ2) is 6.59. The third-order valence-corrected chi connectivity index (χ3v) is 6.12. The van der Waals surface area contributed by atoms with Gasteiger partial charge in [-0.2, -0.15) is 4.68 Å². The molecule has 4 N–H and O–H groups in total. The van der Waals surface area contributed by atoms with Crippen molar-refractivity contribution in [3.05, 3.63) is 38.3 Å². The average molecular weight is 391 g/mol. The Morgan fingerprint density at radius 1 is 1.36 bits per heavy atom. The molecule has 1 saturated heterocycles. The van der Waals surface area contributed by atoms with E-state index in [2.05, 4.69) is 0 Å². The van der Waals surface area contributed by atoms with Gasteiger partial charge in [0.1, 0.15) is 5.82 Å². The fourth-order valence-electron chi connectivity index (χ4n) is 4.49. The number of fused-ring (bicyclic) bond motifs is 1. The maximum Gasteiger partial charge on any atom is 0.350 e. The first-order chi connectivity index (χ1) is 13.3. The molecule has 1 aliphatic carbocycles. The van der Waals surface area contributed by atoms with E-state index in [1.54, 1.807) is 18.6 Å². The van der Waals surface area contributed by atoms with Gasteiger partial charge in [-0.15, -0.1) is 0 Å². The van der Waals surface area contributed by atoms with Gasteiger partial charge in [-0.25, -0.2) is 9.18 Å². The summed E-state index contributed by atoms with van der Waals surface area (Å²) in [5.41, 5.74) is 6.00. The van der Waals surface area contributed by atoms with Crippen molar-refractivity contribution in [1.82, 2.24) is 9.24 Å². The molecular weight excluding hydrogens is 365 g/mol. The quantitative estimate of drug-likeness (QED) is 0.717. The number of nitrogen functional groups attached to an aromatic ring is 1. The van der Waals surface area contributed by atoms with Crippen molar-refractivity contribution in [3.8, 4) is 0 Å². The van der Waals surface area contributed by atoms with Crippen molar-refractivity contribution in [3.63, 3.8) is 0 Å². The number of anilines is 1. The van der Waals surface area contributed by atoms with Crippen molar-refractivity contribution in [2.24, 2.45) is 11.1 Å². The van der Waals surface area contributed by atoms with Crippen molar-refractivity contribution >= 4 is 16.6 Å². The van der Waals surface area contributed by atoms with Crippen molar-refractivity contribution in [2.75, 3.05) is 44.1 Å². The largest absolute Gasteiger partial charge is 0.384 e. The van der Waals surface area contributed by atoms with Crippen LogP contribution in [0, 0.1) is 18.2 Å². The van der Waals surface area contributed by atoms with Crippen LogP contribution in [-0.4, -0.2) is 42.6 Å². The zero-order valence-corrected chi connectivity index (χ0v) is 16.2. The van der Waals surface area contributed by atoms with Crippen molar-refractivity contribution < 1.29 is 9.13 Å². The zero-order valence-electron chi connectivity index (χ0n) is 16.2. The van der Waals surface area contributed by atoms with E-state index in [1.807, 2.05) is 4.90 Å². The lowest BCUT2D eigenvalue weighted by Gasteiger charge is -2.29. The smallest absolute Gasteiger partial charge is 0.350 e. The molecule has 2 fully saturated rings. The second-order valence-corrected chi connectivity index (χ2v) is 8.10. The molecule has 0 spiro atoms. The lowest BCUT2D eigenvalue weighted by molar-refractivity contribution is 0.0993. The van der Waals surface area contributed by atoms with Gasteiger partial charge in [-0.05, 0) is 32.3 Å². The molecule has 2 aliphatic rings. The topological polar surface area (TPSA) is 109 Å². The van der Waals surface area contributed by atoms with Gasteiger partial charge in [-0.1, -0.05) is 0 Å². The molecule has 0 amide bonds. The van der Waals surface area contributed by atoms with Crippen LogP contribution in [0.5, 0.6) is 0 Å². The Morgan fingerprint density at radius 3 is 2.68 bits per heavy atom. The molecule has 1 atom stereocenters. The van der Waals surface area contributed by atoms with E-state index in [9.17, 15) is 9.59 Å². The normalized spacial score (nSPS) is 22.4. The van der Waals surface area contributed by atoms with Crippen LogP contribution in [0.2, 0.25) is 0 Å². The molecule has 0 radical (unpaired) electrons. The maximum atomic E-state index is 15.2. The predicted octanol–water partition coefficient (Wildman–Crippen LogP) is 0.461. The first-order valence-electron chi connectivity index (χ1n) is 9.53. The molecule has 4 rings (SSSR count). The third-order valence-electron chi connectivity index (χ3n) is 6.12. The molecule has 1 unspecified atom stereocenters. The average Bonchev–Trinajstić information content (AvgIpc) is 3.42. The summed E-state index contributed by atoms with van der Waals surface area (Å²) in [5, 5.41) is 0.133. The number of hydrogen-bond acceptors (Lipinski definition) is 6. The molecule has 1 saturated carbocycles. The van der Waals surface area contributed by atoms with Crippen LogP contribution in [0.15, 0.2) is 15.7 Å². The number of aromatic nitrogens is 2. The number of halogens is 1. The number of aryl methyl sites for hydroxylation is 1. The minimum atomic E-state index is -0.678. The minimum absolute atomic E-state index is 0.00221. The summed E-state index contributed by atoms with van der Waals surface area (Å²) in [6.45, 7) is 3.89. The zero-order chi connectivity index (χ0) is 20.2. The van der Waals surface area contributed by atoms with Crippen LogP contribution in [0.25, 0.3) is 10.9 Å².